The summed E-state index contributed by atoms with van der Waals surface area (Å²) in [6.45, 7) is 1.86. The highest BCUT2D eigenvalue weighted by molar-refractivity contribution is 7.86. The predicted molar refractivity (Wildman–Crippen MR) is 117 cm³/mol. The third-order valence-corrected chi connectivity index (χ3v) is 6.43. The molecular weight excluding hydrogens is 404 g/mol. The average molecular weight is 420 g/mol. The number of benzene rings is 3. The van der Waals surface area contributed by atoms with Crippen molar-refractivity contribution in [2.45, 2.75) is 11.8 Å². The first kappa shape index (κ1) is 18.5. The van der Waals surface area contributed by atoms with Crippen LogP contribution in [0.4, 0.5) is 0 Å². The molecular formula is C22H16N2O5S. The van der Waals surface area contributed by atoms with Gasteiger partial charge in [0.25, 0.3) is 10.1 Å². The van der Waals surface area contributed by atoms with Crippen molar-refractivity contribution in [2.24, 2.45) is 7.05 Å². The van der Waals surface area contributed by atoms with Gasteiger partial charge in [0.1, 0.15) is 4.90 Å². The lowest BCUT2D eigenvalue weighted by molar-refractivity contribution is 0.484. The first-order valence-corrected chi connectivity index (χ1v) is 10.6. The van der Waals surface area contributed by atoms with Crippen LogP contribution in [0.15, 0.2) is 63.0 Å². The van der Waals surface area contributed by atoms with Gasteiger partial charge in [0.2, 0.25) is 0 Å². The molecule has 0 fully saturated rings. The molecule has 7 nitrogen and oxygen atoms in total. The van der Waals surface area contributed by atoms with Crippen molar-refractivity contribution in [3.05, 3.63) is 74.5 Å². The Balaban J connectivity index is 2.22. The zero-order chi connectivity index (χ0) is 21.4. The van der Waals surface area contributed by atoms with Gasteiger partial charge in [-0.1, -0.05) is 18.2 Å². The molecule has 0 atom stereocenters. The number of fused-ring (bicyclic) bond motifs is 4. The van der Waals surface area contributed by atoms with Crippen LogP contribution in [0.25, 0.3) is 43.6 Å². The molecule has 0 bridgehead atoms. The maximum atomic E-state index is 13.2. The summed E-state index contributed by atoms with van der Waals surface area (Å²) in [6, 6.07) is 13.4. The summed E-state index contributed by atoms with van der Waals surface area (Å²) in [6.07, 6.45) is 0. The van der Waals surface area contributed by atoms with Gasteiger partial charge in [0.05, 0.1) is 21.9 Å². The highest BCUT2D eigenvalue weighted by Crippen LogP contribution is 2.31. The number of aromatic nitrogens is 2. The van der Waals surface area contributed by atoms with Crippen molar-refractivity contribution in [3.8, 4) is 0 Å². The van der Waals surface area contributed by atoms with Gasteiger partial charge in [-0.05, 0) is 42.8 Å². The van der Waals surface area contributed by atoms with Crippen molar-refractivity contribution < 1.29 is 13.0 Å². The van der Waals surface area contributed by atoms with E-state index in [2.05, 4.69) is 4.98 Å². The molecule has 3 aromatic carbocycles. The lowest BCUT2D eigenvalue weighted by atomic mass is 10.0. The van der Waals surface area contributed by atoms with Crippen LogP contribution in [-0.4, -0.2) is 22.5 Å². The van der Waals surface area contributed by atoms with E-state index in [9.17, 15) is 22.6 Å². The Hall–Kier alpha value is -3.49. The van der Waals surface area contributed by atoms with Gasteiger partial charge in [0, 0.05) is 28.7 Å². The van der Waals surface area contributed by atoms with Crippen LogP contribution in [-0.2, 0) is 17.2 Å². The lowest BCUT2D eigenvalue weighted by Crippen LogP contribution is -2.17. The standard InChI is InChI=1S/C22H16N2O5S/c1-11-7-8-13-17(9-11)24(2)19-14(20(13)25)10-16-18(22(19)30(27,28)29)21(26)12-5-3-4-6-15(12)23-16/h3-10H,1-2H3,(H,23,26)(H,27,28,29). The summed E-state index contributed by atoms with van der Waals surface area (Å²) in [7, 11) is -3.23. The Bertz CT molecular complexity index is 1780. The van der Waals surface area contributed by atoms with Gasteiger partial charge in [-0.3, -0.25) is 14.1 Å². The highest BCUT2D eigenvalue weighted by Gasteiger charge is 2.26. The van der Waals surface area contributed by atoms with Gasteiger partial charge < -0.3 is 9.55 Å². The highest BCUT2D eigenvalue weighted by atomic mass is 32.2. The summed E-state index contributed by atoms with van der Waals surface area (Å²) >= 11 is 0. The molecule has 150 valence electrons. The quantitative estimate of drug-likeness (QED) is 0.320. The van der Waals surface area contributed by atoms with Gasteiger partial charge in [-0.25, -0.2) is 0 Å². The molecule has 0 amide bonds. The Morgan fingerprint density at radius 3 is 2.37 bits per heavy atom. The van der Waals surface area contributed by atoms with Crippen molar-refractivity contribution in [3.63, 3.8) is 0 Å². The van der Waals surface area contributed by atoms with E-state index in [4.69, 9.17) is 0 Å². The molecule has 5 aromatic rings. The van der Waals surface area contributed by atoms with Crippen LogP contribution in [0.3, 0.4) is 0 Å². The molecule has 0 unspecified atom stereocenters. The topological polar surface area (TPSA) is 109 Å². The molecule has 2 heterocycles. The minimum absolute atomic E-state index is 0.00567. The van der Waals surface area contributed by atoms with E-state index in [1.807, 2.05) is 6.92 Å². The number of aryl methyl sites for hydroxylation is 2. The minimum atomic E-state index is -4.84. The second-order valence-corrected chi connectivity index (χ2v) is 8.77. The zero-order valence-corrected chi connectivity index (χ0v) is 16.9. The second-order valence-electron chi connectivity index (χ2n) is 7.41. The molecule has 2 aromatic heterocycles. The fourth-order valence-electron chi connectivity index (χ4n) is 4.18. The maximum Gasteiger partial charge on any atom is 0.297 e. The summed E-state index contributed by atoms with van der Waals surface area (Å²) < 4.78 is 36.7. The average Bonchev–Trinajstić information content (AvgIpc) is 2.70. The number of rotatable bonds is 1. The maximum absolute atomic E-state index is 13.2. The predicted octanol–water partition coefficient (Wildman–Crippen LogP) is 3.24. The van der Waals surface area contributed by atoms with Crippen LogP contribution in [0, 0.1) is 6.92 Å². The van der Waals surface area contributed by atoms with E-state index < -0.39 is 20.4 Å². The molecule has 2 N–H and O–H groups in total. The number of nitrogens with zero attached hydrogens (tertiary/aromatic N) is 1. The second kappa shape index (κ2) is 6.01. The molecule has 0 aliphatic heterocycles. The minimum Gasteiger partial charge on any atom is -0.354 e. The molecule has 0 saturated heterocycles. The van der Waals surface area contributed by atoms with E-state index >= 15 is 0 Å². The fourth-order valence-corrected chi connectivity index (χ4v) is 5.13. The van der Waals surface area contributed by atoms with E-state index in [-0.39, 0.29) is 32.6 Å². The monoisotopic (exact) mass is 420 g/mol. The number of pyridine rings is 2. The zero-order valence-electron chi connectivity index (χ0n) is 16.1. The molecule has 0 spiro atoms. The number of para-hydroxylation sites is 1. The van der Waals surface area contributed by atoms with Crippen LogP contribution < -0.4 is 10.9 Å². The van der Waals surface area contributed by atoms with Crippen LogP contribution in [0.2, 0.25) is 0 Å². The Morgan fingerprint density at radius 2 is 1.63 bits per heavy atom. The Labute approximate surface area is 169 Å². The third-order valence-electron chi connectivity index (χ3n) is 5.52. The van der Waals surface area contributed by atoms with Gasteiger partial charge >= 0.3 is 0 Å². The smallest absolute Gasteiger partial charge is 0.297 e. The molecule has 0 radical (unpaired) electrons. The Morgan fingerprint density at radius 1 is 0.900 bits per heavy atom. The third kappa shape index (κ3) is 2.44. The lowest BCUT2D eigenvalue weighted by Gasteiger charge is -2.16. The van der Waals surface area contributed by atoms with E-state index in [0.717, 1.165) is 5.56 Å². The van der Waals surface area contributed by atoms with Crippen LogP contribution in [0.1, 0.15) is 5.56 Å². The summed E-state index contributed by atoms with van der Waals surface area (Å²) in [5, 5.41) is 0.626. The molecule has 8 heteroatoms. The fraction of sp³-hybridized carbons (Fsp3) is 0.0909. The van der Waals surface area contributed by atoms with Crippen molar-refractivity contribution in [1.82, 2.24) is 9.55 Å². The molecule has 5 rings (SSSR count). The SMILES string of the molecule is Cc1ccc2c(=O)c3cc4[nH]c5ccccc5c(=O)c4c(S(=O)(=O)O)c3n(C)c2c1. The summed E-state index contributed by atoms with van der Waals surface area (Å²) in [5.74, 6) is 0. The Kier molecular flexibility index (Phi) is 3.71. The largest absolute Gasteiger partial charge is 0.354 e. The number of hydrogen-bond acceptors (Lipinski definition) is 4. The first-order valence-electron chi connectivity index (χ1n) is 9.17. The van der Waals surface area contributed by atoms with E-state index in [1.165, 1.54) is 10.6 Å². The number of aromatic amines is 1. The van der Waals surface area contributed by atoms with E-state index in [1.54, 1.807) is 49.5 Å². The van der Waals surface area contributed by atoms with Crippen molar-refractivity contribution in [2.75, 3.05) is 0 Å². The number of nitrogens with one attached hydrogen (secondary N) is 1. The van der Waals surface area contributed by atoms with Crippen molar-refractivity contribution >= 4 is 53.7 Å². The molecule has 0 aliphatic carbocycles. The van der Waals surface area contributed by atoms with Crippen molar-refractivity contribution in [1.29, 1.82) is 0 Å². The summed E-state index contributed by atoms with van der Waals surface area (Å²) in [5.41, 5.74) is 1.15. The number of hydrogen-bond donors (Lipinski definition) is 2. The van der Waals surface area contributed by atoms with Crippen LogP contribution in [0.5, 0.6) is 0 Å². The van der Waals surface area contributed by atoms with E-state index in [0.29, 0.717) is 16.4 Å². The van der Waals surface area contributed by atoms with Gasteiger partial charge in [-0.15, -0.1) is 0 Å². The molecule has 30 heavy (non-hydrogen) atoms. The van der Waals surface area contributed by atoms with Gasteiger partial charge in [-0.2, -0.15) is 8.42 Å². The molecule has 0 aliphatic rings. The van der Waals surface area contributed by atoms with Gasteiger partial charge in [0.15, 0.2) is 10.9 Å². The normalized spacial score (nSPS) is 12.4. The molecule has 0 saturated carbocycles. The first-order chi connectivity index (χ1) is 14.2. The summed E-state index contributed by atoms with van der Waals surface area (Å²) in [4.78, 5) is 28.9. The number of H-pyrrole nitrogens is 1. The van der Waals surface area contributed by atoms with Crippen LogP contribution >= 0.6 is 0 Å².